The van der Waals surface area contributed by atoms with Crippen LogP contribution in [0.3, 0.4) is 0 Å². The lowest BCUT2D eigenvalue weighted by molar-refractivity contribution is -0.245. The van der Waals surface area contributed by atoms with E-state index in [2.05, 4.69) is 5.16 Å². The van der Waals surface area contributed by atoms with Gasteiger partial charge in [-0.2, -0.15) is 0 Å². The summed E-state index contributed by atoms with van der Waals surface area (Å²) in [5.74, 6) is -2.51. The first-order valence-corrected chi connectivity index (χ1v) is 12.5. The van der Waals surface area contributed by atoms with Crippen molar-refractivity contribution in [2.24, 2.45) is 10.9 Å². The second-order valence-electron chi connectivity index (χ2n) is 10.3. The predicted octanol–water partition coefficient (Wildman–Crippen LogP) is 1.29. The van der Waals surface area contributed by atoms with Crippen molar-refractivity contribution < 1.29 is 49.4 Å². The summed E-state index contributed by atoms with van der Waals surface area (Å²) in [5, 5.41) is 57.1. The quantitative estimate of drug-likeness (QED) is 0.120. The van der Waals surface area contributed by atoms with Crippen molar-refractivity contribution in [3.05, 3.63) is 51.6 Å². The number of carbonyl (C=O) groups excluding carboxylic acids is 2. The summed E-state index contributed by atoms with van der Waals surface area (Å²) >= 11 is 0. The van der Waals surface area contributed by atoms with Gasteiger partial charge in [-0.1, -0.05) is 17.3 Å². The summed E-state index contributed by atoms with van der Waals surface area (Å²) in [5.41, 5.74) is 3.14. The first-order valence-electron chi connectivity index (χ1n) is 12.5. The maximum atomic E-state index is 13.7. The van der Waals surface area contributed by atoms with Gasteiger partial charge < -0.3 is 45.6 Å². The van der Waals surface area contributed by atoms with Crippen LogP contribution in [0, 0.1) is 0 Å². The van der Waals surface area contributed by atoms with E-state index in [1.165, 1.54) is 32.2 Å². The first-order chi connectivity index (χ1) is 18.4. The number of oxime groups is 1. The highest BCUT2D eigenvalue weighted by atomic mass is 16.7. The molecule has 1 aliphatic heterocycles. The number of methoxy groups -OCH3 is 1. The van der Waals surface area contributed by atoms with E-state index in [1.807, 2.05) is 0 Å². The average Bonchev–Trinajstić information content (AvgIpc) is 2.90. The fraction of sp³-hybridized carbons (Fsp3) is 0.444. The molecule has 0 spiro atoms. The highest BCUT2D eigenvalue weighted by Crippen LogP contribution is 2.52. The third-order valence-electron chi connectivity index (χ3n) is 7.97. The number of benzene rings is 2. The zero-order chi connectivity index (χ0) is 28.4. The van der Waals surface area contributed by atoms with Crippen molar-refractivity contribution in [3.8, 4) is 17.2 Å². The molecule has 7 N–H and O–H groups in total. The predicted molar refractivity (Wildman–Crippen MR) is 135 cm³/mol. The van der Waals surface area contributed by atoms with Crippen molar-refractivity contribution in [3.63, 3.8) is 0 Å². The number of phenols is 2. The topological polar surface area (TPSA) is 201 Å². The molecule has 0 radical (unpaired) electrons. The third-order valence-corrected chi connectivity index (χ3v) is 7.97. The normalized spacial score (nSPS) is 30.4. The number of ether oxygens (including phenoxy) is 3. The van der Waals surface area contributed by atoms with E-state index >= 15 is 0 Å². The van der Waals surface area contributed by atoms with Crippen LogP contribution < -0.4 is 10.5 Å². The molecule has 6 atom stereocenters. The van der Waals surface area contributed by atoms with Crippen molar-refractivity contribution in [2.45, 2.75) is 69.4 Å². The fourth-order valence-corrected chi connectivity index (χ4v) is 5.76. The fourth-order valence-electron chi connectivity index (χ4n) is 5.76. The van der Waals surface area contributed by atoms with Crippen LogP contribution in [-0.4, -0.2) is 80.2 Å². The van der Waals surface area contributed by atoms with E-state index in [0.717, 1.165) is 0 Å². The van der Waals surface area contributed by atoms with Crippen LogP contribution in [0.2, 0.25) is 0 Å². The summed E-state index contributed by atoms with van der Waals surface area (Å²) < 4.78 is 17.2. The Morgan fingerprint density at radius 1 is 1.15 bits per heavy atom. The Hall–Kier alpha value is -3.55. The zero-order valence-corrected chi connectivity index (χ0v) is 21.5. The molecule has 2 aliphatic carbocycles. The minimum atomic E-state index is -1.85. The largest absolute Gasteiger partial charge is 0.507 e. The minimum Gasteiger partial charge on any atom is -0.507 e. The standard InChI is InChI=1S/C27H30N2O10/c1-10-22(30)14(28)7-17(38-10)39-16-9-27(35,11(2)29-36)8-13-19(16)26(34)21-20(24(13)32)23(31)12-5-4-6-15(37-3)18(12)25(21)33/h4-6,10,14,16-17,22,30,32,34-36H,7-9,28H2,1-3H3/b29-11+/t10-,14+,16+,17-,22-,27-/m0/s1. The Bertz CT molecular complexity index is 1390. The molecule has 39 heavy (non-hydrogen) atoms. The highest BCUT2D eigenvalue weighted by molar-refractivity contribution is 6.31. The number of fused-ring (bicyclic) bond motifs is 3. The number of hydrogen-bond donors (Lipinski definition) is 6. The van der Waals surface area contributed by atoms with E-state index in [9.17, 15) is 35.2 Å². The molecule has 0 bridgehead atoms. The lowest BCUT2D eigenvalue weighted by Gasteiger charge is -2.42. The number of rotatable bonds is 4. The maximum Gasteiger partial charge on any atom is 0.202 e. The van der Waals surface area contributed by atoms with Gasteiger partial charge >= 0.3 is 0 Å². The SMILES string of the molecule is COc1cccc2c1C(=O)c1c(O)c3c(c(O)c1C2=O)C[C@@](O)(/C(C)=N/O)C[C@H]3O[C@H]1C[C@@H](N)[C@@H](O)[C@H](C)O1. The first kappa shape index (κ1) is 27.0. The van der Waals surface area contributed by atoms with E-state index in [4.69, 9.17) is 19.9 Å². The molecule has 1 heterocycles. The van der Waals surface area contributed by atoms with Gasteiger partial charge in [-0.15, -0.1) is 0 Å². The minimum absolute atomic E-state index is 0.00869. The Labute approximate surface area is 223 Å². The molecule has 1 fully saturated rings. The van der Waals surface area contributed by atoms with Crippen LogP contribution in [0.15, 0.2) is 23.4 Å². The van der Waals surface area contributed by atoms with Crippen molar-refractivity contribution >= 4 is 17.3 Å². The number of hydrogen-bond acceptors (Lipinski definition) is 12. The molecule has 0 saturated carbocycles. The Morgan fingerprint density at radius 3 is 2.49 bits per heavy atom. The van der Waals surface area contributed by atoms with Gasteiger partial charge in [-0.25, -0.2) is 0 Å². The van der Waals surface area contributed by atoms with E-state index in [-0.39, 0.29) is 53.0 Å². The molecular formula is C27H30N2O10. The van der Waals surface area contributed by atoms with Crippen molar-refractivity contribution in [1.82, 2.24) is 0 Å². The third kappa shape index (κ3) is 4.07. The number of aromatic hydroxyl groups is 2. The van der Waals surface area contributed by atoms with Crippen LogP contribution in [-0.2, 0) is 15.9 Å². The van der Waals surface area contributed by atoms with Gasteiger partial charge in [0.15, 0.2) is 12.1 Å². The van der Waals surface area contributed by atoms with Gasteiger partial charge in [0.2, 0.25) is 5.78 Å². The van der Waals surface area contributed by atoms with E-state index in [1.54, 1.807) is 6.92 Å². The number of nitrogens with zero attached hydrogens (tertiary/aromatic N) is 1. The molecule has 208 valence electrons. The smallest absolute Gasteiger partial charge is 0.202 e. The molecule has 0 unspecified atom stereocenters. The second-order valence-corrected chi connectivity index (χ2v) is 10.3. The van der Waals surface area contributed by atoms with Gasteiger partial charge in [0, 0.05) is 42.0 Å². The van der Waals surface area contributed by atoms with Crippen molar-refractivity contribution in [1.29, 1.82) is 0 Å². The second kappa shape index (κ2) is 9.57. The molecule has 2 aromatic rings. The van der Waals surface area contributed by atoms with Gasteiger partial charge in [0.1, 0.15) is 22.8 Å². The monoisotopic (exact) mass is 542 g/mol. The summed E-state index contributed by atoms with van der Waals surface area (Å²) in [6.45, 7) is 2.99. The summed E-state index contributed by atoms with van der Waals surface area (Å²) in [4.78, 5) is 27.2. The number of aliphatic hydroxyl groups is 2. The number of ketones is 2. The highest BCUT2D eigenvalue weighted by Gasteiger charge is 2.49. The van der Waals surface area contributed by atoms with Crippen LogP contribution in [0.25, 0.3) is 0 Å². The molecule has 0 aromatic heterocycles. The maximum absolute atomic E-state index is 13.7. The molecule has 12 heteroatoms. The molecule has 1 saturated heterocycles. The molecule has 0 amide bonds. The Kier molecular flexibility index (Phi) is 6.64. The number of aliphatic hydroxyl groups excluding tert-OH is 1. The van der Waals surface area contributed by atoms with Crippen LogP contribution in [0.1, 0.15) is 75.8 Å². The lowest BCUT2D eigenvalue weighted by atomic mass is 9.72. The zero-order valence-electron chi connectivity index (χ0n) is 21.5. The van der Waals surface area contributed by atoms with Crippen molar-refractivity contribution in [2.75, 3.05) is 7.11 Å². The molecule has 12 nitrogen and oxygen atoms in total. The molecule has 2 aromatic carbocycles. The van der Waals surface area contributed by atoms with Crippen LogP contribution >= 0.6 is 0 Å². The van der Waals surface area contributed by atoms with Gasteiger partial charge in [-0.3, -0.25) is 9.59 Å². The number of nitrogens with two attached hydrogens (primary N) is 1. The van der Waals surface area contributed by atoms with E-state index < -0.39 is 70.4 Å². The summed E-state index contributed by atoms with van der Waals surface area (Å²) in [6, 6.07) is 3.77. The van der Waals surface area contributed by atoms with Crippen LogP contribution in [0.5, 0.6) is 17.2 Å². The van der Waals surface area contributed by atoms with Gasteiger partial charge in [-0.05, 0) is 19.9 Å². The lowest BCUT2D eigenvalue weighted by Crippen LogP contribution is -2.52. The van der Waals surface area contributed by atoms with E-state index in [0.29, 0.717) is 0 Å². The number of carbonyl (C=O) groups is 2. The number of phenolic OH excluding ortho intramolecular Hbond substituents is 2. The molecule has 3 aliphatic rings. The Balaban J connectivity index is 1.69. The molecule has 5 rings (SSSR count). The molecular weight excluding hydrogens is 512 g/mol. The summed E-state index contributed by atoms with van der Waals surface area (Å²) in [6.07, 6.45) is -4.34. The summed E-state index contributed by atoms with van der Waals surface area (Å²) in [7, 11) is 1.34. The van der Waals surface area contributed by atoms with Gasteiger partial charge in [0.05, 0.1) is 47.8 Å². The average molecular weight is 543 g/mol. The van der Waals surface area contributed by atoms with Gasteiger partial charge in [0.25, 0.3) is 0 Å². The van der Waals surface area contributed by atoms with Crippen LogP contribution in [0.4, 0.5) is 0 Å². The Morgan fingerprint density at radius 2 is 1.85 bits per heavy atom.